The molecule has 1 aromatic carbocycles. The summed E-state index contributed by atoms with van der Waals surface area (Å²) in [6.45, 7) is 4.11. The van der Waals surface area contributed by atoms with Crippen LogP contribution in [0, 0.1) is 0 Å². The van der Waals surface area contributed by atoms with E-state index in [0.717, 1.165) is 6.42 Å². The van der Waals surface area contributed by atoms with Gasteiger partial charge in [0, 0.05) is 0 Å². The van der Waals surface area contributed by atoms with Crippen molar-refractivity contribution in [1.29, 1.82) is 0 Å². The molecule has 0 radical (unpaired) electrons. The van der Waals surface area contributed by atoms with Crippen molar-refractivity contribution >= 4 is 15.0 Å². The first-order chi connectivity index (χ1) is 6.58. The molecule has 0 saturated heterocycles. The van der Waals surface area contributed by atoms with E-state index in [1.807, 2.05) is 13.0 Å². The molecule has 1 N–H and O–H groups in total. The summed E-state index contributed by atoms with van der Waals surface area (Å²) in [6.07, 6.45) is 0.634. The van der Waals surface area contributed by atoms with Crippen molar-refractivity contribution in [3.8, 4) is 0 Å². The molecule has 0 heterocycles. The molecule has 2 atom stereocenters. The van der Waals surface area contributed by atoms with Crippen LogP contribution < -0.4 is 0 Å². The zero-order valence-corrected chi connectivity index (χ0v) is 10.7. The molecular formula is C12H18OSe. The average Bonchev–Trinajstić information content (AvgIpc) is 2.18. The van der Waals surface area contributed by atoms with Gasteiger partial charge < -0.3 is 0 Å². The van der Waals surface area contributed by atoms with E-state index < -0.39 is 0 Å². The first-order valence-corrected chi connectivity index (χ1v) is 7.44. The van der Waals surface area contributed by atoms with Crippen LogP contribution in [0.3, 0.4) is 0 Å². The molecule has 0 unspecified atom stereocenters. The third-order valence-corrected chi connectivity index (χ3v) is 5.25. The molecule has 1 nitrogen and oxygen atoms in total. The molecule has 0 spiro atoms. The fourth-order valence-corrected chi connectivity index (χ4v) is 3.31. The van der Waals surface area contributed by atoms with Crippen LogP contribution >= 0.6 is 0 Å². The first kappa shape index (κ1) is 11.8. The second kappa shape index (κ2) is 4.97. The normalized spacial score (nSPS) is 17.4. The van der Waals surface area contributed by atoms with Gasteiger partial charge in [0.05, 0.1) is 0 Å². The summed E-state index contributed by atoms with van der Waals surface area (Å²) in [5, 5.41) is 9.49. The summed E-state index contributed by atoms with van der Waals surface area (Å²) in [5.74, 6) is 2.24. The first-order valence-electron chi connectivity index (χ1n) is 4.87. The summed E-state index contributed by atoms with van der Waals surface area (Å²) in [7, 11) is 0. The molecular weight excluding hydrogens is 239 g/mol. The molecule has 0 aliphatic carbocycles. The number of hydrogen-bond acceptors (Lipinski definition) is 1. The van der Waals surface area contributed by atoms with Crippen molar-refractivity contribution in [3.63, 3.8) is 0 Å². The van der Waals surface area contributed by atoms with E-state index in [0.29, 0.717) is 15.0 Å². The van der Waals surface area contributed by atoms with Crippen molar-refractivity contribution < 1.29 is 5.11 Å². The molecule has 14 heavy (non-hydrogen) atoms. The SMILES string of the molecule is C[Se][C@](C)(C[C@H](C)O)c1ccccc1. The fraction of sp³-hybridized carbons (Fsp3) is 0.500. The van der Waals surface area contributed by atoms with Crippen LogP contribution in [0.5, 0.6) is 0 Å². The van der Waals surface area contributed by atoms with Gasteiger partial charge in [-0.25, -0.2) is 0 Å². The minimum atomic E-state index is -0.220. The maximum atomic E-state index is 9.49. The third-order valence-electron chi connectivity index (χ3n) is 2.52. The topological polar surface area (TPSA) is 20.2 Å². The number of benzene rings is 1. The number of hydrogen-bond donors (Lipinski definition) is 1. The van der Waals surface area contributed by atoms with Crippen molar-refractivity contribution in [3.05, 3.63) is 35.9 Å². The third kappa shape index (κ3) is 2.84. The van der Waals surface area contributed by atoms with E-state index in [-0.39, 0.29) is 10.4 Å². The van der Waals surface area contributed by atoms with Gasteiger partial charge in [0.2, 0.25) is 0 Å². The quantitative estimate of drug-likeness (QED) is 0.821. The molecule has 2 heteroatoms. The predicted octanol–water partition coefficient (Wildman–Crippen LogP) is 2.43. The van der Waals surface area contributed by atoms with Crippen LogP contribution in [-0.4, -0.2) is 26.2 Å². The molecule has 0 amide bonds. The van der Waals surface area contributed by atoms with Gasteiger partial charge in [0.1, 0.15) is 0 Å². The Morgan fingerprint density at radius 2 is 1.93 bits per heavy atom. The van der Waals surface area contributed by atoms with Crippen LogP contribution in [0.4, 0.5) is 0 Å². The summed E-state index contributed by atoms with van der Waals surface area (Å²) in [6, 6.07) is 10.5. The van der Waals surface area contributed by atoms with Crippen molar-refractivity contribution in [2.24, 2.45) is 0 Å². The number of aliphatic hydroxyl groups is 1. The van der Waals surface area contributed by atoms with Gasteiger partial charge in [-0.15, -0.1) is 0 Å². The summed E-state index contributed by atoms with van der Waals surface area (Å²) in [5.41, 5.74) is 1.35. The van der Waals surface area contributed by atoms with Gasteiger partial charge in [0.25, 0.3) is 0 Å². The Morgan fingerprint density at radius 1 is 1.36 bits per heavy atom. The second-order valence-corrected chi connectivity index (χ2v) is 6.60. The Balaban J connectivity index is 2.90. The van der Waals surface area contributed by atoms with Gasteiger partial charge >= 0.3 is 92.5 Å². The molecule has 0 saturated carbocycles. The Morgan fingerprint density at radius 3 is 2.36 bits per heavy atom. The predicted molar refractivity (Wildman–Crippen MR) is 61.7 cm³/mol. The van der Waals surface area contributed by atoms with E-state index in [1.54, 1.807) is 0 Å². The van der Waals surface area contributed by atoms with E-state index in [9.17, 15) is 5.11 Å². The van der Waals surface area contributed by atoms with Crippen molar-refractivity contribution in [2.75, 3.05) is 0 Å². The maximum absolute atomic E-state index is 9.49. The number of rotatable bonds is 4. The summed E-state index contributed by atoms with van der Waals surface area (Å²) >= 11 is 0.505. The van der Waals surface area contributed by atoms with Crippen LogP contribution in [0.15, 0.2) is 30.3 Å². The zero-order chi connectivity index (χ0) is 10.6. The van der Waals surface area contributed by atoms with Crippen LogP contribution in [0.1, 0.15) is 25.8 Å². The molecule has 0 aliphatic heterocycles. The van der Waals surface area contributed by atoms with Crippen LogP contribution in [0.2, 0.25) is 5.82 Å². The monoisotopic (exact) mass is 258 g/mol. The Labute approximate surface area is 92.7 Å². The van der Waals surface area contributed by atoms with Gasteiger partial charge in [-0.05, 0) is 0 Å². The van der Waals surface area contributed by atoms with Crippen molar-refractivity contribution in [1.82, 2.24) is 0 Å². The Bertz CT molecular complexity index is 271. The number of aliphatic hydroxyl groups excluding tert-OH is 1. The molecule has 0 aliphatic rings. The molecule has 1 aromatic rings. The van der Waals surface area contributed by atoms with Gasteiger partial charge in [-0.1, -0.05) is 0 Å². The molecule has 1 rings (SSSR count). The minimum absolute atomic E-state index is 0.169. The van der Waals surface area contributed by atoms with Crippen molar-refractivity contribution in [2.45, 2.75) is 36.5 Å². The van der Waals surface area contributed by atoms with Crippen LogP contribution in [0.25, 0.3) is 0 Å². The molecule has 0 aromatic heterocycles. The van der Waals surface area contributed by atoms with Gasteiger partial charge in [-0.2, -0.15) is 0 Å². The summed E-state index contributed by atoms with van der Waals surface area (Å²) in [4.78, 5) is 0. The molecule has 78 valence electrons. The standard InChI is InChI=1S/C12H18OSe/c1-10(13)9-12(2,14-3)11-7-5-4-6-8-11/h4-8,10,13H,9H2,1-3H3/t10-,12+/m0/s1. The Hall–Kier alpha value is -0.301. The average molecular weight is 257 g/mol. The van der Waals surface area contributed by atoms with E-state index in [2.05, 4.69) is 37.0 Å². The van der Waals surface area contributed by atoms with E-state index >= 15 is 0 Å². The molecule has 0 fully saturated rings. The van der Waals surface area contributed by atoms with Crippen LogP contribution in [-0.2, 0) is 4.31 Å². The molecule has 0 bridgehead atoms. The second-order valence-electron chi connectivity index (χ2n) is 3.85. The fourth-order valence-electron chi connectivity index (χ4n) is 1.67. The van der Waals surface area contributed by atoms with E-state index in [1.165, 1.54) is 5.56 Å². The summed E-state index contributed by atoms with van der Waals surface area (Å²) < 4.78 is 0.169. The van der Waals surface area contributed by atoms with Gasteiger partial charge in [0.15, 0.2) is 0 Å². The van der Waals surface area contributed by atoms with E-state index in [4.69, 9.17) is 0 Å². The zero-order valence-electron chi connectivity index (χ0n) is 9.03. The van der Waals surface area contributed by atoms with Gasteiger partial charge in [-0.3, -0.25) is 0 Å². The Kier molecular flexibility index (Phi) is 4.18.